The van der Waals surface area contributed by atoms with Crippen molar-refractivity contribution < 1.29 is 28.9 Å². The third-order valence-corrected chi connectivity index (χ3v) is 8.04. The average Bonchev–Trinajstić information content (AvgIpc) is 3.06. The summed E-state index contributed by atoms with van der Waals surface area (Å²) in [7, 11) is 0. The molecule has 0 aliphatic carbocycles. The Kier molecular flexibility index (Phi) is 8.15. The Balaban J connectivity index is 1.44. The fourth-order valence-corrected chi connectivity index (χ4v) is 5.55. The van der Waals surface area contributed by atoms with Crippen molar-refractivity contribution in [1.29, 1.82) is 0 Å². The highest BCUT2D eigenvalue weighted by Gasteiger charge is 2.22. The van der Waals surface area contributed by atoms with E-state index in [9.17, 15) is 29.8 Å². The van der Waals surface area contributed by atoms with Gasteiger partial charge in [0.05, 0.1) is 21.0 Å². The molecule has 0 aromatic heterocycles. The highest BCUT2D eigenvalue weighted by molar-refractivity contribution is 5.96. The van der Waals surface area contributed by atoms with E-state index in [0.717, 1.165) is 21.5 Å². The van der Waals surface area contributed by atoms with Crippen molar-refractivity contribution in [2.75, 3.05) is 0 Å². The summed E-state index contributed by atoms with van der Waals surface area (Å²) < 4.78 is 11.8. The molecule has 0 radical (unpaired) electrons. The van der Waals surface area contributed by atoms with Crippen LogP contribution in [-0.4, -0.2) is 21.8 Å². The molecule has 0 atom stereocenters. The molecule has 0 N–H and O–H groups in total. The van der Waals surface area contributed by atoms with Crippen LogP contribution in [-0.2, 0) is 6.42 Å². The van der Waals surface area contributed by atoms with Crippen LogP contribution in [0.5, 0.6) is 11.5 Å². The molecule has 47 heavy (non-hydrogen) atoms. The zero-order valence-electron chi connectivity index (χ0n) is 25.3. The van der Waals surface area contributed by atoms with E-state index in [2.05, 4.69) is 0 Å². The second-order valence-electron chi connectivity index (χ2n) is 11.0. The van der Waals surface area contributed by atoms with Crippen molar-refractivity contribution in [2.24, 2.45) is 0 Å². The van der Waals surface area contributed by atoms with E-state index in [0.29, 0.717) is 22.3 Å². The lowest BCUT2D eigenvalue weighted by Crippen LogP contribution is -2.12. The van der Waals surface area contributed by atoms with Gasteiger partial charge in [-0.1, -0.05) is 72.8 Å². The van der Waals surface area contributed by atoms with Crippen molar-refractivity contribution in [3.8, 4) is 11.5 Å². The van der Waals surface area contributed by atoms with Gasteiger partial charge in [0.25, 0.3) is 11.4 Å². The fraction of sp³-hybridized carbons (Fsp3) is 0.0811. The van der Waals surface area contributed by atoms with Gasteiger partial charge in [-0.05, 0) is 59.7 Å². The number of nitro groups is 2. The molecule has 0 bridgehead atoms. The third kappa shape index (κ3) is 6.12. The SMILES string of the molecule is Cc1ccc(C(=O)Oc2ccc3ccccc3c2Cc2c(OC(=O)c3ccc(C)c([N+](=O)[O-])c3)ccc3ccccc23)cc1[N+](=O)[O-]. The largest absolute Gasteiger partial charge is 0.423 e. The molecule has 10 heteroatoms. The smallest absolute Gasteiger partial charge is 0.343 e. The Bertz CT molecular complexity index is 2100. The number of carbonyl (C=O) groups is 2. The number of hydrogen-bond acceptors (Lipinski definition) is 8. The first-order valence-corrected chi connectivity index (χ1v) is 14.6. The van der Waals surface area contributed by atoms with Crippen LogP contribution < -0.4 is 9.47 Å². The van der Waals surface area contributed by atoms with Crippen LogP contribution in [0.2, 0.25) is 0 Å². The standard InChI is InChI=1S/C37H26N2O8/c1-22-11-13-26(19-32(22)38(42)43)36(40)46-34-17-15-24-7-3-5-9-28(24)30(34)21-31-29-10-6-4-8-25(29)16-18-35(31)47-37(41)27-14-12-23(2)33(20-27)39(44)45/h3-20H,21H2,1-2H3. The summed E-state index contributed by atoms with van der Waals surface area (Å²) in [5.74, 6) is -1.07. The first kappa shape index (κ1) is 30.6. The lowest BCUT2D eigenvalue weighted by molar-refractivity contribution is -0.385. The Morgan fingerprint density at radius 3 is 1.38 bits per heavy atom. The van der Waals surface area contributed by atoms with Crippen molar-refractivity contribution in [2.45, 2.75) is 20.3 Å². The quantitative estimate of drug-likeness (QED) is 0.0710. The number of nitro benzene ring substituents is 2. The monoisotopic (exact) mass is 626 g/mol. The van der Waals surface area contributed by atoms with Gasteiger partial charge in [-0.2, -0.15) is 0 Å². The summed E-state index contributed by atoms with van der Waals surface area (Å²) >= 11 is 0. The molecule has 0 aliphatic heterocycles. The van der Waals surface area contributed by atoms with E-state index in [1.165, 1.54) is 36.4 Å². The zero-order chi connectivity index (χ0) is 33.2. The third-order valence-electron chi connectivity index (χ3n) is 8.04. The molecule has 6 rings (SSSR count). The Morgan fingerprint density at radius 2 is 0.979 bits per heavy atom. The van der Waals surface area contributed by atoms with Crippen LogP contribution in [0.1, 0.15) is 43.0 Å². The topological polar surface area (TPSA) is 139 Å². The van der Waals surface area contributed by atoms with E-state index in [1.54, 1.807) is 26.0 Å². The number of aryl methyl sites for hydroxylation is 2. The number of rotatable bonds is 8. The van der Waals surface area contributed by atoms with Crippen LogP contribution in [0.4, 0.5) is 11.4 Å². The second kappa shape index (κ2) is 12.5. The number of benzene rings is 6. The molecule has 232 valence electrons. The summed E-state index contributed by atoms with van der Waals surface area (Å²) in [5.41, 5.74) is 1.73. The number of fused-ring (bicyclic) bond motifs is 2. The van der Waals surface area contributed by atoms with Gasteiger partial charge in [0.15, 0.2) is 0 Å². The van der Waals surface area contributed by atoms with Gasteiger partial charge in [0.2, 0.25) is 0 Å². The molecule has 0 saturated heterocycles. The molecule has 6 aromatic carbocycles. The summed E-state index contributed by atoms with van der Waals surface area (Å²) in [5, 5.41) is 26.3. The van der Waals surface area contributed by atoms with Gasteiger partial charge in [0.1, 0.15) is 11.5 Å². The van der Waals surface area contributed by atoms with Gasteiger partial charge >= 0.3 is 11.9 Å². The first-order chi connectivity index (χ1) is 22.6. The van der Waals surface area contributed by atoms with Crippen LogP contribution >= 0.6 is 0 Å². The maximum atomic E-state index is 13.4. The summed E-state index contributed by atoms with van der Waals surface area (Å²) in [6, 6.07) is 30.4. The molecule has 0 heterocycles. The number of carbonyl (C=O) groups excluding carboxylic acids is 2. The molecular formula is C37H26N2O8. The fourth-order valence-electron chi connectivity index (χ4n) is 5.55. The lowest BCUT2D eigenvalue weighted by Gasteiger charge is -2.17. The van der Waals surface area contributed by atoms with E-state index in [4.69, 9.17) is 9.47 Å². The van der Waals surface area contributed by atoms with Gasteiger partial charge in [-0.3, -0.25) is 20.2 Å². The maximum Gasteiger partial charge on any atom is 0.343 e. The van der Waals surface area contributed by atoms with Crippen LogP contribution in [0.15, 0.2) is 109 Å². The molecule has 0 amide bonds. The Labute approximate surface area is 268 Å². The van der Waals surface area contributed by atoms with Gasteiger partial charge in [0, 0.05) is 40.8 Å². The van der Waals surface area contributed by atoms with E-state index in [1.807, 2.05) is 60.7 Å². The van der Waals surface area contributed by atoms with E-state index in [-0.39, 0.29) is 40.4 Å². The van der Waals surface area contributed by atoms with Crippen LogP contribution in [0, 0.1) is 34.1 Å². The number of ether oxygens (including phenoxy) is 2. The molecule has 0 aliphatic rings. The van der Waals surface area contributed by atoms with E-state index < -0.39 is 21.8 Å². The second-order valence-corrected chi connectivity index (χ2v) is 11.0. The minimum atomic E-state index is -0.768. The summed E-state index contributed by atoms with van der Waals surface area (Å²) in [6.07, 6.45) is 0.163. The summed E-state index contributed by atoms with van der Waals surface area (Å²) in [4.78, 5) is 48.6. The minimum absolute atomic E-state index is 0.0216. The predicted octanol–water partition coefficient (Wildman–Crippen LogP) is 8.46. The van der Waals surface area contributed by atoms with Gasteiger partial charge < -0.3 is 9.47 Å². The number of esters is 2. The van der Waals surface area contributed by atoms with Gasteiger partial charge in [-0.25, -0.2) is 9.59 Å². The van der Waals surface area contributed by atoms with Crippen LogP contribution in [0.3, 0.4) is 0 Å². The molecule has 0 saturated carbocycles. The average molecular weight is 627 g/mol. The summed E-state index contributed by atoms with van der Waals surface area (Å²) in [6.45, 7) is 3.17. The molecule has 10 nitrogen and oxygen atoms in total. The van der Waals surface area contributed by atoms with Crippen molar-refractivity contribution in [3.05, 3.63) is 163 Å². The predicted molar refractivity (Wildman–Crippen MR) is 176 cm³/mol. The lowest BCUT2D eigenvalue weighted by atomic mass is 9.93. The number of nitrogens with zero attached hydrogens (tertiary/aromatic N) is 2. The highest BCUT2D eigenvalue weighted by atomic mass is 16.6. The molecule has 0 unspecified atom stereocenters. The van der Waals surface area contributed by atoms with Crippen molar-refractivity contribution in [1.82, 2.24) is 0 Å². The highest BCUT2D eigenvalue weighted by Crippen LogP contribution is 2.37. The zero-order valence-corrected chi connectivity index (χ0v) is 25.3. The van der Waals surface area contributed by atoms with Gasteiger partial charge in [-0.15, -0.1) is 0 Å². The normalized spacial score (nSPS) is 10.9. The van der Waals surface area contributed by atoms with Crippen LogP contribution in [0.25, 0.3) is 21.5 Å². The van der Waals surface area contributed by atoms with Crippen molar-refractivity contribution >= 4 is 44.9 Å². The first-order valence-electron chi connectivity index (χ1n) is 14.6. The Hall–Kier alpha value is -6.42. The molecule has 0 spiro atoms. The molecular weight excluding hydrogens is 600 g/mol. The number of hydrogen-bond donors (Lipinski definition) is 0. The maximum absolute atomic E-state index is 13.4. The molecule has 6 aromatic rings. The minimum Gasteiger partial charge on any atom is -0.423 e. The van der Waals surface area contributed by atoms with Crippen molar-refractivity contribution in [3.63, 3.8) is 0 Å². The molecule has 0 fully saturated rings. The Morgan fingerprint density at radius 1 is 0.574 bits per heavy atom. The van der Waals surface area contributed by atoms with E-state index >= 15 is 0 Å².